The molecule has 196 valence electrons. The van der Waals surface area contributed by atoms with Crippen LogP contribution in [-0.2, 0) is 22.4 Å². The van der Waals surface area contributed by atoms with Gasteiger partial charge in [0.05, 0.1) is 31.5 Å². The Labute approximate surface area is 317 Å². The Morgan fingerprint density at radius 1 is 0.550 bits per heavy atom. The summed E-state index contributed by atoms with van der Waals surface area (Å²) in [5, 5.41) is 29.4. The fourth-order valence-electron chi connectivity index (χ4n) is 3.41. The molecular formula is C28H20Cl4KN2NaO4. The second-order valence-corrected chi connectivity index (χ2v) is 9.48. The van der Waals surface area contributed by atoms with Crippen LogP contribution in [0.3, 0.4) is 0 Å². The summed E-state index contributed by atoms with van der Waals surface area (Å²) in [4.78, 5) is 21.4. The first-order chi connectivity index (χ1) is 18.2. The van der Waals surface area contributed by atoms with E-state index in [1.807, 2.05) is 0 Å². The summed E-state index contributed by atoms with van der Waals surface area (Å²) in [5.74, 6) is -2.28. The van der Waals surface area contributed by atoms with Crippen LogP contribution in [0, 0.1) is 0 Å². The molecule has 0 bridgehead atoms. The van der Waals surface area contributed by atoms with Crippen molar-refractivity contribution in [1.82, 2.24) is 0 Å². The van der Waals surface area contributed by atoms with Gasteiger partial charge in [-0.3, -0.25) is 0 Å². The number of aliphatic carboxylic acids is 2. The minimum atomic E-state index is -1.14. The smallest absolute Gasteiger partial charge is 0.550 e. The molecule has 0 amide bonds. The minimum Gasteiger partial charge on any atom is -0.550 e. The van der Waals surface area contributed by atoms with Gasteiger partial charge in [0.1, 0.15) is 0 Å². The van der Waals surface area contributed by atoms with E-state index in [-0.39, 0.29) is 93.8 Å². The van der Waals surface area contributed by atoms with Crippen LogP contribution in [0.15, 0.2) is 84.9 Å². The monoisotopic (exact) mass is 650 g/mol. The number of hydrogen-bond acceptors (Lipinski definition) is 6. The molecule has 4 aromatic rings. The maximum atomic E-state index is 10.7. The third-order valence-corrected chi connectivity index (χ3v) is 6.41. The second-order valence-electron chi connectivity index (χ2n) is 7.86. The van der Waals surface area contributed by atoms with Crippen LogP contribution in [-0.4, -0.2) is 11.9 Å². The van der Waals surface area contributed by atoms with Gasteiger partial charge in [-0.25, -0.2) is 0 Å². The fourth-order valence-corrected chi connectivity index (χ4v) is 4.39. The Morgan fingerprint density at radius 3 is 1.15 bits per heavy atom. The van der Waals surface area contributed by atoms with Gasteiger partial charge in [-0.1, -0.05) is 94.9 Å². The molecule has 4 rings (SSSR count). The number of nitrogens with one attached hydrogen (secondary N) is 2. The largest absolute Gasteiger partial charge is 1.00 e. The van der Waals surface area contributed by atoms with Crippen molar-refractivity contribution in [3.63, 3.8) is 0 Å². The molecule has 0 aliphatic rings. The number of anilines is 4. The molecule has 0 fully saturated rings. The number of benzene rings is 4. The van der Waals surface area contributed by atoms with E-state index in [9.17, 15) is 19.8 Å². The maximum absolute atomic E-state index is 10.7. The number of carbonyl (C=O) groups is 2. The van der Waals surface area contributed by atoms with E-state index in [0.29, 0.717) is 54.0 Å². The molecule has 0 aliphatic carbocycles. The first-order valence-electron chi connectivity index (χ1n) is 11.1. The summed E-state index contributed by atoms with van der Waals surface area (Å²) in [6, 6.07) is 24.4. The van der Waals surface area contributed by atoms with E-state index in [1.165, 1.54) is 0 Å². The van der Waals surface area contributed by atoms with E-state index in [1.54, 1.807) is 84.9 Å². The molecule has 6 nitrogen and oxygen atoms in total. The zero-order chi connectivity index (χ0) is 27.7. The SMILES string of the molecule is O=C([O-])Cc1ccccc1Nc1c(Cl)cccc1Cl.O=C([O-])Cc1ccccc1Nc1c(Cl)cccc1Cl.[K+].[Na+]. The summed E-state index contributed by atoms with van der Waals surface area (Å²) in [6.07, 6.45) is -0.351. The van der Waals surface area contributed by atoms with Gasteiger partial charge in [0.2, 0.25) is 0 Å². The van der Waals surface area contributed by atoms with Gasteiger partial charge in [-0.2, -0.15) is 0 Å². The second kappa shape index (κ2) is 18.7. The molecule has 0 saturated heterocycles. The van der Waals surface area contributed by atoms with Crippen molar-refractivity contribution in [2.45, 2.75) is 12.8 Å². The average molecular weight is 652 g/mol. The van der Waals surface area contributed by atoms with Crippen molar-refractivity contribution in [2.75, 3.05) is 10.6 Å². The van der Waals surface area contributed by atoms with E-state index in [0.717, 1.165) is 0 Å². The molecule has 0 aromatic heterocycles. The van der Waals surface area contributed by atoms with E-state index >= 15 is 0 Å². The van der Waals surface area contributed by atoms with Crippen LogP contribution in [0.4, 0.5) is 22.7 Å². The standard InChI is InChI=1S/2C14H11Cl2NO2.K.Na/c2*15-10-5-3-6-11(16)14(10)17-12-7-2-1-4-9(12)8-13(18)19;;/h2*1-7,17H,8H2,(H,18,19);;/q;;2*+1/p-2. The van der Waals surface area contributed by atoms with Crippen LogP contribution < -0.4 is 102 Å². The first kappa shape index (κ1) is 37.2. The molecule has 40 heavy (non-hydrogen) atoms. The topological polar surface area (TPSA) is 104 Å². The van der Waals surface area contributed by atoms with Gasteiger partial charge in [0.25, 0.3) is 0 Å². The molecule has 0 unspecified atom stereocenters. The Kier molecular flexibility index (Phi) is 17.4. The van der Waals surface area contributed by atoms with Crippen LogP contribution in [0.1, 0.15) is 11.1 Å². The van der Waals surface area contributed by atoms with Gasteiger partial charge in [0.15, 0.2) is 0 Å². The van der Waals surface area contributed by atoms with Crippen molar-refractivity contribution in [1.29, 1.82) is 0 Å². The number of para-hydroxylation sites is 4. The number of carboxylic acid groups (broad SMARTS) is 2. The summed E-state index contributed by atoms with van der Waals surface area (Å²) < 4.78 is 0. The number of carbonyl (C=O) groups excluding carboxylic acids is 2. The third kappa shape index (κ3) is 11.5. The molecule has 4 aromatic carbocycles. The third-order valence-electron chi connectivity index (χ3n) is 5.15. The van der Waals surface area contributed by atoms with E-state index < -0.39 is 11.9 Å². The predicted molar refractivity (Wildman–Crippen MR) is 150 cm³/mol. The van der Waals surface area contributed by atoms with Crippen molar-refractivity contribution < 1.29 is 101 Å². The number of rotatable bonds is 8. The number of halogens is 4. The Morgan fingerprint density at radius 2 is 0.850 bits per heavy atom. The fraction of sp³-hybridized carbons (Fsp3) is 0.0714. The van der Waals surface area contributed by atoms with Gasteiger partial charge in [0, 0.05) is 36.2 Å². The summed E-state index contributed by atoms with van der Waals surface area (Å²) >= 11 is 24.2. The van der Waals surface area contributed by atoms with Crippen molar-refractivity contribution >= 4 is 81.1 Å². The molecule has 0 radical (unpaired) electrons. The molecule has 0 saturated carbocycles. The van der Waals surface area contributed by atoms with Gasteiger partial charge >= 0.3 is 80.9 Å². The predicted octanol–water partition coefficient (Wildman–Crippen LogP) is 0.0668. The number of hydrogen-bond donors (Lipinski definition) is 2. The van der Waals surface area contributed by atoms with E-state index in [2.05, 4.69) is 10.6 Å². The maximum Gasteiger partial charge on any atom is 1.00 e. The van der Waals surface area contributed by atoms with Crippen molar-refractivity contribution in [3.05, 3.63) is 116 Å². The zero-order valence-electron chi connectivity index (χ0n) is 21.6. The van der Waals surface area contributed by atoms with Gasteiger partial charge in [-0.05, 0) is 47.5 Å². The number of carboxylic acids is 2. The van der Waals surface area contributed by atoms with Crippen molar-refractivity contribution in [3.8, 4) is 0 Å². The summed E-state index contributed by atoms with van der Waals surface area (Å²) in [5.41, 5.74) is 3.61. The molecule has 0 spiro atoms. The van der Waals surface area contributed by atoms with E-state index in [4.69, 9.17) is 46.4 Å². The molecule has 12 heteroatoms. The average Bonchev–Trinajstić information content (AvgIpc) is 2.86. The Bertz CT molecular complexity index is 1310. The molecular weight excluding hydrogens is 632 g/mol. The Hall–Kier alpha value is -0.784. The molecule has 0 heterocycles. The minimum absolute atomic E-state index is 0. The quantitative estimate of drug-likeness (QED) is 0.262. The summed E-state index contributed by atoms with van der Waals surface area (Å²) in [7, 11) is 0. The van der Waals surface area contributed by atoms with Crippen LogP contribution >= 0.6 is 46.4 Å². The van der Waals surface area contributed by atoms with Crippen LogP contribution in [0.25, 0.3) is 0 Å². The van der Waals surface area contributed by atoms with Crippen LogP contribution in [0.5, 0.6) is 0 Å². The molecule has 0 aliphatic heterocycles. The van der Waals surface area contributed by atoms with Crippen molar-refractivity contribution in [2.24, 2.45) is 0 Å². The van der Waals surface area contributed by atoms with Crippen LogP contribution in [0.2, 0.25) is 20.1 Å². The first-order valence-corrected chi connectivity index (χ1v) is 12.6. The molecule has 0 atom stereocenters. The Balaban J connectivity index is 0.000000381. The normalized spacial score (nSPS) is 9.70. The summed E-state index contributed by atoms with van der Waals surface area (Å²) in [6.45, 7) is 0. The zero-order valence-corrected chi connectivity index (χ0v) is 29.8. The van der Waals surface area contributed by atoms with Gasteiger partial charge in [-0.15, -0.1) is 0 Å². The van der Waals surface area contributed by atoms with Gasteiger partial charge < -0.3 is 30.4 Å². The molecule has 2 N–H and O–H groups in total.